The summed E-state index contributed by atoms with van der Waals surface area (Å²) in [6, 6.07) is 10.3. The lowest BCUT2D eigenvalue weighted by molar-refractivity contribution is 1.40. The fraction of sp³-hybridized carbons (Fsp3) is 0. The first-order chi connectivity index (χ1) is 7.45. The molecule has 2 aromatic rings. The van der Waals surface area contributed by atoms with E-state index >= 15 is 0 Å². The van der Waals surface area contributed by atoms with Gasteiger partial charge in [-0.15, -0.1) is 0 Å². The van der Waals surface area contributed by atoms with E-state index in [1.165, 1.54) is 16.5 Å². The molecule has 1 aromatic heterocycles. The number of fused-ring (bicyclic) bond motifs is 1. The third kappa shape index (κ3) is 1.37. The molecule has 3 rings (SSSR count). The fourth-order valence-corrected chi connectivity index (χ4v) is 1.89. The maximum Gasteiger partial charge on any atom is 0.0777 e. The lowest BCUT2D eigenvalue weighted by Crippen LogP contribution is -1.87. The molecule has 0 spiro atoms. The normalized spacial score (nSPS) is 14.5. The van der Waals surface area contributed by atoms with Gasteiger partial charge in [0.25, 0.3) is 0 Å². The minimum atomic E-state index is 1.08. The van der Waals surface area contributed by atoms with E-state index in [1.54, 1.807) is 0 Å². The highest BCUT2D eigenvalue weighted by Crippen LogP contribution is 2.27. The molecule has 1 nitrogen and oxygen atoms in total. The number of aromatic nitrogens is 1. The quantitative estimate of drug-likeness (QED) is 0.674. The van der Waals surface area contributed by atoms with Crippen molar-refractivity contribution in [3.8, 4) is 0 Å². The zero-order valence-corrected chi connectivity index (χ0v) is 8.22. The number of nitrogens with zero attached hydrogens (tertiary/aromatic N) is 1. The summed E-state index contributed by atoms with van der Waals surface area (Å²) < 4.78 is 0. The van der Waals surface area contributed by atoms with Crippen LogP contribution in [0.2, 0.25) is 0 Å². The van der Waals surface area contributed by atoms with Crippen LogP contribution >= 0.6 is 0 Å². The topological polar surface area (TPSA) is 12.9 Å². The van der Waals surface area contributed by atoms with Crippen molar-refractivity contribution < 1.29 is 0 Å². The highest BCUT2D eigenvalue weighted by Gasteiger charge is 2.07. The lowest BCUT2D eigenvalue weighted by atomic mass is 10.0. The maximum atomic E-state index is 4.44. The molecule has 0 saturated carbocycles. The molecule has 1 heteroatoms. The van der Waals surface area contributed by atoms with Crippen LogP contribution in [-0.2, 0) is 0 Å². The third-order valence-corrected chi connectivity index (χ3v) is 2.61. The van der Waals surface area contributed by atoms with Crippen molar-refractivity contribution in [1.82, 2.24) is 4.98 Å². The second kappa shape index (κ2) is 3.35. The van der Waals surface area contributed by atoms with Crippen molar-refractivity contribution in [3.05, 3.63) is 66.7 Å². The largest absolute Gasteiger partial charge is 0.256 e. The minimum absolute atomic E-state index is 1.08. The SMILES string of the molecule is [CH]1C=CC=C1c1cccc2cccnc12. The number of para-hydroxylation sites is 1. The molecule has 1 heterocycles. The Kier molecular flexibility index (Phi) is 1.88. The Bertz CT molecular complexity index is 559. The Morgan fingerprint density at radius 3 is 2.73 bits per heavy atom. The molecule has 1 aliphatic carbocycles. The number of rotatable bonds is 1. The van der Waals surface area contributed by atoms with Crippen molar-refractivity contribution in [3.63, 3.8) is 0 Å². The van der Waals surface area contributed by atoms with Gasteiger partial charge in [-0.05, 0) is 11.6 Å². The first-order valence-corrected chi connectivity index (χ1v) is 5.01. The Hall–Kier alpha value is -1.89. The molecule has 0 aliphatic heterocycles. The summed E-state index contributed by atoms with van der Waals surface area (Å²) >= 11 is 0. The van der Waals surface area contributed by atoms with E-state index in [0.29, 0.717) is 0 Å². The van der Waals surface area contributed by atoms with Crippen LogP contribution in [0, 0.1) is 6.42 Å². The van der Waals surface area contributed by atoms with Crippen LogP contribution in [0.25, 0.3) is 16.5 Å². The second-order valence-corrected chi connectivity index (χ2v) is 3.55. The van der Waals surface area contributed by atoms with Gasteiger partial charge >= 0.3 is 0 Å². The molecule has 0 amide bonds. The molecule has 0 atom stereocenters. The maximum absolute atomic E-state index is 4.44. The summed E-state index contributed by atoms with van der Waals surface area (Å²) in [4.78, 5) is 4.44. The van der Waals surface area contributed by atoms with E-state index in [0.717, 1.165) is 5.52 Å². The van der Waals surface area contributed by atoms with Gasteiger partial charge in [0.1, 0.15) is 0 Å². The Balaban J connectivity index is 2.26. The lowest BCUT2D eigenvalue weighted by Gasteiger charge is -2.05. The summed E-state index contributed by atoms with van der Waals surface area (Å²) in [6.45, 7) is 0. The molecule has 15 heavy (non-hydrogen) atoms. The van der Waals surface area contributed by atoms with E-state index in [2.05, 4.69) is 53.9 Å². The summed E-state index contributed by atoms with van der Waals surface area (Å²) in [5, 5.41) is 1.19. The van der Waals surface area contributed by atoms with Crippen LogP contribution in [-0.4, -0.2) is 4.98 Å². The van der Waals surface area contributed by atoms with E-state index in [1.807, 2.05) is 12.3 Å². The summed E-state index contributed by atoms with van der Waals surface area (Å²) in [5.74, 6) is 0. The second-order valence-electron chi connectivity index (χ2n) is 3.55. The molecular formula is C14H10N. The zero-order chi connectivity index (χ0) is 10.1. The van der Waals surface area contributed by atoms with Gasteiger partial charge < -0.3 is 0 Å². The predicted molar refractivity (Wildman–Crippen MR) is 63.2 cm³/mol. The molecule has 1 radical (unpaired) electrons. The molecule has 1 aromatic carbocycles. The monoisotopic (exact) mass is 192 g/mol. The van der Waals surface area contributed by atoms with Crippen molar-refractivity contribution in [2.75, 3.05) is 0 Å². The third-order valence-electron chi connectivity index (χ3n) is 2.61. The highest BCUT2D eigenvalue weighted by atomic mass is 14.6. The van der Waals surface area contributed by atoms with Gasteiger partial charge in [-0.1, -0.05) is 42.5 Å². The van der Waals surface area contributed by atoms with Crippen molar-refractivity contribution in [1.29, 1.82) is 0 Å². The van der Waals surface area contributed by atoms with Crippen molar-refractivity contribution >= 4 is 16.5 Å². The van der Waals surface area contributed by atoms with Crippen LogP contribution in [0.5, 0.6) is 0 Å². The fourth-order valence-electron chi connectivity index (χ4n) is 1.89. The smallest absolute Gasteiger partial charge is 0.0777 e. The summed E-state index contributed by atoms with van der Waals surface area (Å²) in [6.07, 6.45) is 10.2. The number of benzene rings is 1. The van der Waals surface area contributed by atoms with E-state index in [9.17, 15) is 0 Å². The first-order valence-electron chi connectivity index (χ1n) is 5.01. The number of allylic oxidation sites excluding steroid dienone is 4. The van der Waals surface area contributed by atoms with Gasteiger partial charge in [0, 0.05) is 23.6 Å². The van der Waals surface area contributed by atoms with Crippen LogP contribution in [0.3, 0.4) is 0 Å². The standard InChI is InChI=1S/C14H10N/c1-2-6-11(5-1)13-9-3-7-12-8-4-10-15-14(12)13/h1-10H. The average Bonchev–Trinajstić information content (AvgIpc) is 2.82. The van der Waals surface area contributed by atoms with E-state index < -0.39 is 0 Å². The molecule has 0 saturated heterocycles. The van der Waals surface area contributed by atoms with Crippen LogP contribution in [0.1, 0.15) is 5.56 Å². The molecule has 0 unspecified atom stereocenters. The van der Waals surface area contributed by atoms with E-state index in [-0.39, 0.29) is 0 Å². The van der Waals surface area contributed by atoms with Crippen LogP contribution < -0.4 is 0 Å². The van der Waals surface area contributed by atoms with Crippen LogP contribution in [0.4, 0.5) is 0 Å². The molecule has 1 aliphatic rings. The molecule has 71 valence electrons. The predicted octanol–water partition coefficient (Wildman–Crippen LogP) is 3.39. The molecule has 0 N–H and O–H groups in total. The Labute approximate surface area is 88.8 Å². The number of hydrogen-bond donors (Lipinski definition) is 0. The van der Waals surface area contributed by atoms with Gasteiger partial charge in [0.15, 0.2) is 0 Å². The highest BCUT2D eigenvalue weighted by molar-refractivity contribution is 5.94. The average molecular weight is 192 g/mol. The Morgan fingerprint density at radius 1 is 0.933 bits per heavy atom. The Morgan fingerprint density at radius 2 is 1.87 bits per heavy atom. The summed E-state index contributed by atoms with van der Waals surface area (Å²) in [7, 11) is 0. The van der Waals surface area contributed by atoms with Crippen molar-refractivity contribution in [2.45, 2.75) is 0 Å². The molecule has 0 fully saturated rings. The summed E-state index contributed by atoms with van der Waals surface area (Å²) in [5.41, 5.74) is 3.52. The first kappa shape index (κ1) is 8.42. The number of pyridine rings is 1. The molecule has 0 bridgehead atoms. The van der Waals surface area contributed by atoms with Crippen molar-refractivity contribution in [2.24, 2.45) is 0 Å². The van der Waals surface area contributed by atoms with Gasteiger partial charge in [0.2, 0.25) is 0 Å². The molecular weight excluding hydrogens is 182 g/mol. The van der Waals surface area contributed by atoms with Gasteiger partial charge in [-0.3, -0.25) is 4.98 Å². The van der Waals surface area contributed by atoms with E-state index in [4.69, 9.17) is 0 Å². The van der Waals surface area contributed by atoms with Gasteiger partial charge in [-0.2, -0.15) is 0 Å². The van der Waals surface area contributed by atoms with Gasteiger partial charge in [0.05, 0.1) is 5.52 Å². The zero-order valence-electron chi connectivity index (χ0n) is 8.22. The number of hydrogen-bond acceptors (Lipinski definition) is 1. The minimum Gasteiger partial charge on any atom is -0.256 e. The van der Waals surface area contributed by atoms with Crippen LogP contribution in [0.15, 0.2) is 54.8 Å². The van der Waals surface area contributed by atoms with Gasteiger partial charge in [-0.25, -0.2) is 0 Å².